The monoisotopic (exact) mass is 142 g/mol. The summed E-state index contributed by atoms with van der Waals surface area (Å²) in [5.41, 5.74) is 0. The highest BCUT2D eigenvalue weighted by molar-refractivity contribution is 5.87. The molecule has 2 atom stereocenters. The Bertz CT molecular complexity index is 153. The molecule has 0 aromatic heterocycles. The summed E-state index contributed by atoms with van der Waals surface area (Å²) >= 11 is 0. The van der Waals surface area contributed by atoms with Gasteiger partial charge < -0.3 is 9.53 Å². The fourth-order valence-electron chi connectivity index (χ4n) is 0.867. The number of hydrogen-bond donors (Lipinski definition) is 0. The maximum Gasteiger partial charge on any atom is 0.164 e. The van der Waals surface area contributed by atoms with Crippen LogP contribution in [0.3, 0.4) is 0 Å². The number of aldehydes is 1. The van der Waals surface area contributed by atoms with Crippen LogP contribution in [0.25, 0.3) is 0 Å². The molecule has 0 N–H and O–H groups in total. The van der Waals surface area contributed by atoms with Crippen molar-refractivity contribution in [1.82, 2.24) is 0 Å². The van der Waals surface area contributed by atoms with E-state index in [1.165, 1.54) is 0 Å². The van der Waals surface area contributed by atoms with Crippen LogP contribution in [0, 0.1) is 0 Å². The first-order valence-corrected chi connectivity index (χ1v) is 3.37. The van der Waals surface area contributed by atoms with Gasteiger partial charge in [-0.15, -0.1) is 0 Å². The van der Waals surface area contributed by atoms with Crippen molar-refractivity contribution in [2.45, 2.75) is 32.0 Å². The quantitative estimate of drug-likeness (QED) is 0.419. The van der Waals surface area contributed by atoms with Crippen LogP contribution in [0.15, 0.2) is 0 Å². The zero-order valence-corrected chi connectivity index (χ0v) is 5.87. The van der Waals surface area contributed by atoms with E-state index in [9.17, 15) is 9.59 Å². The average molecular weight is 142 g/mol. The van der Waals surface area contributed by atoms with Gasteiger partial charge in [0.15, 0.2) is 5.78 Å². The first kappa shape index (κ1) is 7.41. The molecule has 1 aliphatic rings. The molecule has 0 bridgehead atoms. The molecular formula is C7H10O3. The molecule has 0 amide bonds. The predicted molar refractivity (Wildman–Crippen MR) is 34.6 cm³/mol. The summed E-state index contributed by atoms with van der Waals surface area (Å²) in [5.74, 6) is 0.0552. The van der Waals surface area contributed by atoms with Crippen LogP contribution in [-0.2, 0) is 14.3 Å². The van der Waals surface area contributed by atoms with Crippen molar-refractivity contribution in [3.05, 3.63) is 0 Å². The smallest absolute Gasteiger partial charge is 0.164 e. The van der Waals surface area contributed by atoms with Gasteiger partial charge in [0.25, 0.3) is 0 Å². The maximum atomic E-state index is 10.9. The van der Waals surface area contributed by atoms with Crippen LogP contribution in [-0.4, -0.2) is 24.3 Å². The lowest BCUT2D eigenvalue weighted by Gasteiger charge is -1.88. The Morgan fingerprint density at radius 2 is 2.30 bits per heavy atom. The van der Waals surface area contributed by atoms with Gasteiger partial charge in [0, 0.05) is 12.8 Å². The second-order valence-electron chi connectivity index (χ2n) is 2.43. The van der Waals surface area contributed by atoms with Crippen molar-refractivity contribution in [2.24, 2.45) is 0 Å². The molecule has 0 spiro atoms. The lowest BCUT2D eigenvalue weighted by molar-refractivity contribution is -0.121. The molecule has 0 aromatic carbocycles. The minimum atomic E-state index is -0.208. The number of ether oxygens (including phenoxy) is 1. The normalized spacial score (nSPS) is 29.7. The summed E-state index contributed by atoms with van der Waals surface area (Å²) < 4.78 is 4.91. The van der Waals surface area contributed by atoms with Crippen molar-refractivity contribution in [3.8, 4) is 0 Å². The molecular weight excluding hydrogens is 132 g/mol. The highest BCUT2D eigenvalue weighted by Crippen LogP contribution is 2.23. The van der Waals surface area contributed by atoms with E-state index in [2.05, 4.69) is 0 Å². The summed E-state index contributed by atoms with van der Waals surface area (Å²) in [4.78, 5) is 20.7. The molecule has 0 radical (unpaired) electrons. The number of carbonyl (C=O) groups is 2. The SMILES string of the molecule is CC1OC1C(=O)CCC=O. The van der Waals surface area contributed by atoms with Crippen molar-refractivity contribution < 1.29 is 14.3 Å². The molecule has 2 unspecified atom stereocenters. The molecule has 56 valence electrons. The Balaban J connectivity index is 2.16. The summed E-state index contributed by atoms with van der Waals surface area (Å²) in [6.07, 6.45) is 1.29. The minimum absolute atomic E-state index is 0.0552. The van der Waals surface area contributed by atoms with Crippen LogP contribution in [0.2, 0.25) is 0 Å². The number of carbonyl (C=O) groups excluding carboxylic acids is 2. The zero-order chi connectivity index (χ0) is 7.56. The van der Waals surface area contributed by atoms with E-state index in [0.29, 0.717) is 12.8 Å². The lowest BCUT2D eigenvalue weighted by atomic mass is 10.1. The van der Waals surface area contributed by atoms with E-state index in [4.69, 9.17) is 4.74 Å². The first-order valence-electron chi connectivity index (χ1n) is 3.37. The van der Waals surface area contributed by atoms with Crippen LogP contribution in [0.5, 0.6) is 0 Å². The molecule has 1 saturated heterocycles. The van der Waals surface area contributed by atoms with E-state index >= 15 is 0 Å². The number of rotatable bonds is 4. The Labute approximate surface area is 59.4 Å². The molecule has 1 aliphatic heterocycles. The summed E-state index contributed by atoms with van der Waals surface area (Å²) in [7, 11) is 0. The molecule has 1 fully saturated rings. The van der Waals surface area contributed by atoms with Crippen LogP contribution < -0.4 is 0 Å². The summed E-state index contributed by atoms with van der Waals surface area (Å²) in [6, 6.07) is 0. The van der Waals surface area contributed by atoms with Crippen molar-refractivity contribution in [2.75, 3.05) is 0 Å². The molecule has 3 nitrogen and oxygen atoms in total. The molecule has 0 aromatic rings. The van der Waals surface area contributed by atoms with Gasteiger partial charge in [-0.1, -0.05) is 0 Å². The van der Waals surface area contributed by atoms with E-state index < -0.39 is 0 Å². The van der Waals surface area contributed by atoms with E-state index in [0.717, 1.165) is 6.29 Å². The third-order valence-electron chi connectivity index (χ3n) is 1.54. The lowest BCUT2D eigenvalue weighted by Crippen LogP contribution is -2.08. The van der Waals surface area contributed by atoms with Gasteiger partial charge in [-0.25, -0.2) is 0 Å². The topological polar surface area (TPSA) is 46.7 Å². The molecule has 1 heterocycles. The van der Waals surface area contributed by atoms with E-state index in [1.807, 2.05) is 6.92 Å². The van der Waals surface area contributed by atoms with Gasteiger partial charge >= 0.3 is 0 Å². The number of hydrogen-bond acceptors (Lipinski definition) is 3. The number of ketones is 1. The van der Waals surface area contributed by atoms with Crippen molar-refractivity contribution in [1.29, 1.82) is 0 Å². The second kappa shape index (κ2) is 2.92. The Morgan fingerprint density at radius 3 is 2.70 bits per heavy atom. The van der Waals surface area contributed by atoms with E-state index in [-0.39, 0.29) is 18.0 Å². The third-order valence-corrected chi connectivity index (χ3v) is 1.54. The van der Waals surface area contributed by atoms with Gasteiger partial charge in [-0.2, -0.15) is 0 Å². The summed E-state index contributed by atoms with van der Waals surface area (Å²) in [6.45, 7) is 1.85. The molecule has 0 saturated carbocycles. The van der Waals surface area contributed by atoms with Gasteiger partial charge in [-0.05, 0) is 6.92 Å². The van der Waals surface area contributed by atoms with Crippen LogP contribution in [0.4, 0.5) is 0 Å². The average Bonchev–Trinajstić information content (AvgIpc) is 2.62. The predicted octanol–water partition coefficient (Wildman–Crippen LogP) is 0.322. The standard InChI is InChI=1S/C7H10O3/c1-5-7(10-5)6(9)3-2-4-8/h4-5,7H,2-3H2,1H3. The highest BCUT2D eigenvalue weighted by atomic mass is 16.6. The van der Waals surface area contributed by atoms with Gasteiger partial charge in [0.2, 0.25) is 0 Å². The summed E-state index contributed by atoms with van der Waals surface area (Å²) in [5, 5.41) is 0. The zero-order valence-electron chi connectivity index (χ0n) is 5.87. The Morgan fingerprint density at radius 1 is 1.70 bits per heavy atom. The first-order chi connectivity index (χ1) is 4.75. The fraction of sp³-hybridized carbons (Fsp3) is 0.714. The Kier molecular flexibility index (Phi) is 2.17. The fourth-order valence-corrected chi connectivity index (χ4v) is 0.867. The van der Waals surface area contributed by atoms with Crippen LogP contribution >= 0.6 is 0 Å². The maximum absolute atomic E-state index is 10.9. The largest absolute Gasteiger partial charge is 0.362 e. The number of epoxide rings is 1. The molecule has 1 rings (SSSR count). The van der Waals surface area contributed by atoms with Gasteiger partial charge in [-0.3, -0.25) is 4.79 Å². The molecule has 0 aliphatic carbocycles. The van der Waals surface area contributed by atoms with Crippen molar-refractivity contribution in [3.63, 3.8) is 0 Å². The Hall–Kier alpha value is -0.700. The minimum Gasteiger partial charge on any atom is -0.362 e. The molecule has 10 heavy (non-hydrogen) atoms. The van der Waals surface area contributed by atoms with Crippen molar-refractivity contribution >= 4 is 12.1 Å². The highest BCUT2D eigenvalue weighted by Gasteiger charge is 2.39. The second-order valence-corrected chi connectivity index (χ2v) is 2.43. The number of Topliss-reactive ketones (excluding diaryl/α,β-unsaturated/α-hetero) is 1. The third kappa shape index (κ3) is 1.64. The van der Waals surface area contributed by atoms with Gasteiger partial charge in [0.05, 0.1) is 6.10 Å². The van der Waals surface area contributed by atoms with Gasteiger partial charge in [0.1, 0.15) is 12.4 Å². The van der Waals surface area contributed by atoms with E-state index in [1.54, 1.807) is 0 Å². The molecule has 3 heteroatoms. The van der Waals surface area contributed by atoms with Crippen LogP contribution in [0.1, 0.15) is 19.8 Å².